The molecule has 2 rings (SSSR count). The third-order valence-electron chi connectivity index (χ3n) is 3.23. The molecule has 0 aliphatic rings. The molecule has 5 nitrogen and oxygen atoms in total. The van der Waals surface area contributed by atoms with Crippen LogP contribution in [-0.2, 0) is 20.1 Å². The van der Waals surface area contributed by atoms with Crippen LogP contribution in [0.5, 0.6) is 0 Å². The minimum atomic E-state index is 0.622. The molecule has 1 aromatic carbocycles. The van der Waals surface area contributed by atoms with Gasteiger partial charge in [-0.15, -0.1) is 0 Å². The predicted octanol–water partition coefficient (Wildman–Crippen LogP) is 2.78. The van der Waals surface area contributed by atoms with Crippen molar-refractivity contribution in [1.29, 1.82) is 0 Å². The van der Waals surface area contributed by atoms with Crippen molar-refractivity contribution in [2.45, 2.75) is 20.0 Å². The Labute approximate surface area is 140 Å². The van der Waals surface area contributed by atoms with Gasteiger partial charge < -0.3 is 10.2 Å². The number of nitrogens with zero attached hydrogens (tertiary/aromatic N) is 4. The number of rotatable bonds is 5. The summed E-state index contributed by atoms with van der Waals surface area (Å²) in [7, 11) is 3.96. The Hall–Kier alpha value is -1.82. The molecule has 0 unspecified atom stereocenters. The number of aliphatic imine (C=N–C) groups is 1. The Balaban J connectivity index is 2.07. The van der Waals surface area contributed by atoms with Crippen molar-refractivity contribution >= 4 is 21.9 Å². The smallest absolute Gasteiger partial charge is 0.194 e. The SMILES string of the molecule is CCNC(=NCc1cnn(C)c1)N(C)Cc1ccccc1Br. The molecule has 0 saturated heterocycles. The van der Waals surface area contributed by atoms with Crippen molar-refractivity contribution < 1.29 is 0 Å². The Morgan fingerprint density at radius 1 is 1.41 bits per heavy atom. The van der Waals surface area contributed by atoms with Crippen LogP contribution >= 0.6 is 15.9 Å². The molecule has 0 radical (unpaired) electrons. The Morgan fingerprint density at radius 3 is 2.82 bits per heavy atom. The first kappa shape index (κ1) is 16.5. The number of aromatic nitrogens is 2. The van der Waals surface area contributed by atoms with Crippen LogP contribution in [0.1, 0.15) is 18.1 Å². The first-order chi connectivity index (χ1) is 10.6. The van der Waals surface area contributed by atoms with E-state index >= 15 is 0 Å². The van der Waals surface area contributed by atoms with Crippen molar-refractivity contribution in [2.75, 3.05) is 13.6 Å². The Morgan fingerprint density at radius 2 is 2.18 bits per heavy atom. The minimum absolute atomic E-state index is 0.622. The van der Waals surface area contributed by atoms with Gasteiger partial charge in [0.1, 0.15) is 0 Å². The maximum atomic E-state index is 4.69. The normalized spacial score (nSPS) is 11.5. The van der Waals surface area contributed by atoms with E-state index in [4.69, 9.17) is 0 Å². The van der Waals surface area contributed by atoms with E-state index in [1.54, 1.807) is 4.68 Å². The molecule has 0 aliphatic carbocycles. The summed E-state index contributed by atoms with van der Waals surface area (Å²) in [6, 6.07) is 8.25. The number of halogens is 1. The van der Waals surface area contributed by atoms with Crippen LogP contribution in [0.25, 0.3) is 0 Å². The second kappa shape index (κ2) is 7.98. The van der Waals surface area contributed by atoms with Crippen LogP contribution in [0.4, 0.5) is 0 Å². The minimum Gasteiger partial charge on any atom is -0.357 e. The van der Waals surface area contributed by atoms with E-state index in [-0.39, 0.29) is 0 Å². The zero-order chi connectivity index (χ0) is 15.9. The maximum Gasteiger partial charge on any atom is 0.194 e. The van der Waals surface area contributed by atoms with Gasteiger partial charge in [0, 0.05) is 43.4 Å². The van der Waals surface area contributed by atoms with Crippen molar-refractivity contribution in [2.24, 2.45) is 12.0 Å². The number of nitrogens with one attached hydrogen (secondary N) is 1. The molecule has 0 saturated carbocycles. The van der Waals surface area contributed by atoms with Crippen molar-refractivity contribution in [3.63, 3.8) is 0 Å². The molecule has 0 amide bonds. The van der Waals surface area contributed by atoms with E-state index in [1.165, 1.54) is 5.56 Å². The largest absolute Gasteiger partial charge is 0.357 e. The highest BCUT2D eigenvalue weighted by atomic mass is 79.9. The highest BCUT2D eigenvalue weighted by molar-refractivity contribution is 9.10. The predicted molar refractivity (Wildman–Crippen MR) is 93.6 cm³/mol. The molecular weight excluding hydrogens is 342 g/mol. The zero-order valence-corrected chi connectivity index (χ0v) is 14.8. The number of aryl methyl sites for hydroxylation is 1. The molecule has 6 heteroatoms. The molecule has 2 aromatic rings. The zero-order valence-electron chi connectivity index (χ0n) is 13.3. The van der Waals surface area contributed by atoms with Crippen LogP contribution in [0.2, 0.25) is 0 Å². The first-order valence-corrected chi connectivity index (χ1v) is 8.09. The van der Waals surface area contributed by atoms with Gasteiger partial charge in [0.05, 0.1) is 12.7 Å². The molecule has 0 spiro atoms. The van der Waals surface area contributed by atoms with Crippen molar-refractivity contribution in [3.05, 3.63) is 52.3 Å². The number of benzene rings is 1. The van der Waals surface area contributed by atoms with Crippen molar-refractivity contribution in [3.8, 4) is 0 Å². The van der Waals surface area contributed by atoms with Gasteiger partial charge in [-0.05, 0) is 18.6 Å². The van der Waals surface area contributed by atoms with Gasteiger partial charge in [0.25, 0.3) is 0 Å². The van der Waals surface area contributed by atoms with E-state index < -0.39 is 0 Å². The van der Waals surface area contributed by atoms with Crippen LogP contribution in [0.3, 0.4) is 0 Å². The summed E-state index contributed by atoms with van der Waals surface area (Å²) in [6.45, 7) is 4.33. The fraction of sp³-hybridized carbons (Fsp3) is 0.375. The lowest BCUT2D eigenvalue weighted by molar-refractivity contribution is 0.476. The van der Waals surface area contributed by atoms with Gasteiger partial charge in [-0.3, -0.25) is 4.68 Å². The molecule has 22 heavy (non-hydrogen) atoms. The first-order valence-electron chi connectivity index (χ1n) is 7.30. The van der Waals surface area contributed by atoms with Gasteiger partial charge in [-0.2, -0.15) is 5.10 Å². The summed E-state index contributed by atoms with van der Waals surface area (Å²) in [4.78, 5) is 6.81. The molecule has 1 heterocycles. The van der Waals surface area contributed by atoms with E-state index in [2.05, 4.69) is 55.3 Å². The average Bonchev–Trinajstić information content (AvgIpc) is 2.91. The lowest BCUT2D eigenvalue weighted by Crippen LogP contribution is -2.38. The summed E-state index contributed by atoms with van der Waals surface area (Å²) in [6.07, 6.45) is 3.84. The quantitative estimate of drug-likeness (QED) is 0.656. The topological polar surface area (TPSA) is 45.5 Å². The Bertz CT molecular complexity index is 635. The molecule has 118 valence electrons. The number of guanidine groups is 1. The average molecular weight is 364 g/mol. The van der Waals surface area contributed by atoms with E-state index in [1.807, 2.05) is 38.6 Å². The molecule has 0 atom stereocenters. The van der Waals surface area contributed by atoms with Gasteiger partial charge in [-0.25, -0.2) is 4.99 Å². The lowest BCUT2D eigenvalue weighted by Gasteiger charge is -2.22. The number of hydrogen-bond acceptors (Lipinski definition) is 2. The van der Waals surface area contributed by atoms with Crippen LogP contribution in [-0.4, -0.2) is 34.2 Å². The Kier molecular flexibility index (Phi) is 6.00. The van der Waals surface area contributed by atoms with Gasteiger partial charge >= 0.3 is 0 Å². The van der Waals surface area contributed by atoms with Crippen molar-refractivity contribution in [1.82, 2.24) is 20.0 Å². The summed E-state index contributed by atoms with van der Waals surface area (Å²) >= 11 is 3.59. The van der Waals surface area contributed by atoms with Gasteiger partial charge in [0.2, 0.25) is 0 Å². The summed E-state index contributed by atoms with van der Waals surface area (Å²) < 4.78 is 2.91. The monoisotopic (exact) mass is 363 g/mol. The highest BCUT2D eigenvalue weighted by Gasteiger charge is 2.08. The highest BCUT2D eigenvalue weighted by Crippen LogP contribution is 2.17. The second-order valence-corrected chi connectivity index (χ2v) is 5.99. The molecule has 0 bridgehead atoms. The summed E-state index contributed by atoms with van der Waals surface area (Å²) in [5.74, 6) is 0.891. The van der Waals surface area contributed by atoms with Crippen LogP contribution in [0.15, 0.2) is 46.1 Å². The number of hydrogen-bond donors (Lipinski definition) is 1. The summed E-state index contributed by atoms with van der Waals surface area (Å²) in [5, 5.41) is 7.50. The molecule has 1 N–H and O–H groups in total. The maximum absolute atomic E-state index is 4.69. The molecule has 1 aromatic heterocycles. The lowest BCUT2D eigenvalue weighted by atomic mass is 10.2. The second-order valence-electron chi connectivity index (χ2n) is 5.14. The molecule has 0 fully saturated rings. The molecular formula is C16H22BrN5. The van der Waals surface area contributed by atoms with Gasteiger partial charge in [0.15, 0.2) is 5.96 Å². The third-order valence-corrected chi connectivity index (χ3v) is 4.01. The molecule has 0 aliphatic heterocycles. The van der Waals surface area contributed by atoms with E-state index in [9.17, 15) is 0 Å². The standard InChI is InChI=1S/C16H22BrN5/c1-4-18-16(19-9-13-10-20-22(3)11-13)21(2)12-14-7-5-6-8-15(14)17/h5-8,10-11H,4,9,12H2,1-3H3,(H,18,19). The van der Waals surface area contributed by atoms with Crippen LogP contribution < -0.4 is 5.32 Å². The third kappa shape index (κ3) is 4.59. The van der Waals surface area contributed by atoms with Crippen LogP contribution in [0, 0.1) is 0 Å². The van der Waals surface area contributed by atoms with E-state index in [0.29, 0.717) is 6.54 Å². The van der Waals surface area contributed by atoms with E-state index in [0.717, 1.165) is 29.1 Å². The van der Waals surface area contributed by atoms with Gasteiger partial charge in [-0.1, -0.05) is 34.1 Å². The summed E-state index contributed by atoms with van der Waals surface area (Å²) in [5.41, 5.74) is 2.34. The fourth-order valence-corrected chi connectivity index (χ4v) is 2.56. The fourth-order valence-electron chi connectivity index (χ4n) is 2.15.